The van der Waals surface area contributed by atoms with E-state index in [4.69, 9.17) is 4.74 Å². The number of benzene rings is 3. The van der Waals surface area contributed by atoms with Crippen molar-refractivity contribution in [1.29, 1.82) is 0 Å². The zero-order chi connectivity index (χ0) is 32.0. The molecule has 0 bridgehead atoms. The van der Waals surface area contributed by atoms with E-state index in [1.165, 1.54) is 18.5 Å². The van der Waals surface area contributed by atoms with Gasteiger partial charge in [0.05, 0.1) is 54.6 Å². The molecule has 238 valence electrons. The first kappa shape index (κ1) is 30.1. The number of anilines is 2. The third-order valence-corrected chi connectivity index (χ3v) is 7.97. The number of nitrogens with zero attached hydrogens (tertiary/aromatic N) is 8. The third kappa shape index (κ3) is 7.32. The third-order valence-electron chi connectivity index (χ3n) is 7.97. The minimum absolute atomic E-state index is 0.128. The second-order valence-electron chi connectivity index (χ2n) is 11.3. The summed E-state index contributed by atoms with van der Waals surface area (Å²) in [7, 11) is 0. The predicted molar refractivity (Wildman–Crippen MR) is 176 cm³/mol. The highest BCUT2D eigenvalue weighted by Crippen LogP contribution is 2.27. The first-order valence-corrected chi connectivity index (χ1v) is 15.5. The van der Waals surface area contributed by atoms with E-state index in [9.17, 15) is 9.18 Å². The lowest BCUT2D eigenvalue weighted by Gasteiger charge is -2.24. The van der Waals surface area contributed by atoms with Crippen molar-refractivity contribution < 1.29 is 13.9 Å². The lowest BCUT2D eigenvalue weighted by molar-refractivity contribution is -0.116. The molecule has 0 unspecified atom stereocenters. The fourth-order valence-electron chi connectivity index (χ4n) is 5.53. The van der Waals surface area contributed by atoms with Gasteiger partial charge in [-0.2, -0.15) is 5.10 Å². The van der Waals surface area contributed by atoms with Crippen LogP contribution in [-0.2, 0) is 22.5 Å². The number of amides is 1. The van der Waals surface area contributed by atoms with E-state index < -0.39 is 0 Å². The Bertz CT molecular complexity index is 2050. The lowest BCUT2D eigenvalue weighted by Crippen LogP contribution is -2.36. The smallest absolute Gasteiger partial charge is 0.243 e. The van der Waals surface area contributed by atoms with Crippen LogP contribution in [0.2, 0.25) is 0 Å². The van der Waals surface area contributed by atoms with Crippen LogP contribution < -0.4 is 10.6 Å². The number of rotatable bonds is 11. The Morgan fingerprint density at radius 3 is 2.85 bits per heavy atom. The van der Waals surface area contributed by atoms with Gasteiger partial charge < -0.3 is 15.4 Å². The van der Waals surface area contributed by atoms with Gasteiger partial charge in [-0.05, 0) is 54.1 Å². The maximum absolute atomic E-state index is 13.7. The van der Waals surface area contributed by atoms with Crippen molar-refractivity contribution in [3.63, 3.8) is 0 Å². The summed E-state index contributed by atoms with van der Waals surface area (Å²) in [6.07, 6.45) is 9.19. The van der Waals surface area contributed by atoms with E-state index in [0.29, 0.717) is 25.3 Å². The maximum atomic E-state index is 13.7. The molecule has 0 saturated carbocycles. The highest BCUT2D eigenvalue weighted by molar-refractivity contribution is 5.93. The molecule has 1 amide bonds. The molecule has 6 aromatic rings. The quantitative estimate of drug-likeness (QED) is 0.204. The van der Waals surface area contributed by atoms with Crippen molar-refractivity contribution in [2.24, 2.45) is 0 Å². The normalized spacial score (nSPS) is 13.9. The average molecular weight is 633 g/mol. The summed E-state index contributed by atoms with van der Waals surface area (Å²) in [6, 6.07) is 18.3. The Labute approximate surface area is 269 Å². The van der Waals surface area contributed by atoms with Gasteiger partial charge in [-0.15, -0.1) is 5.10 Å². The molecule has 7 rings (SSSR count). The molecule has 3 aromatic heterocycles. The van der Waals surface area contributed by atoms with Gasteiger partial charge in [0.1, 0.15) is 18.0 Å². The van der Waals surface area contributed by atoms with Gasteiger partial charge in [0.2, 0.25) is 5.91 Å². The molecule has 1 aliphatic rings. The van der Waals surface area contributed by atoms with Crippen molar-refractivity contribution in [2.75, 3.05) is 44.7 Å². The summed E-state index contributed by atoms with van der Waals surface area (Å²) < 4.78 is 22.6. The van der Waals surface area contributed by atoms with Crippen LogP contribution in [0.4, 0.5) is 15.9 Å². The standard InChI is InChI=1S/C34H33FN10O2/c35-26-4-1-3-24(17-26)21-45-32-9-6-27(18-25(32)20-39-45)40-34-30-19-29(7-8-31(30)37-23-38-34)44-22-28(41-42-44)10-11-36-33(46)5-2-12-43-13-15-47-16-14-43/h1-9,17-20,22-23H,10-16,21H2,(H,36,46)(H,37,38,40)/b5-2+. The molecule has 0 atom stereocenters. The SMILES string of the molecule is O=C(/C=C/CN1CCOCC1)NCCc1cn(-c2ccc3ncnc(Nc4ccc5c(cnn5Cc5cccc(F)c5)c4)c3c2)nn1. The van der Waals surface area contributed by atoms with E-state index in [0.717, 1.165) is 77.3 Å². The number of halogens is 1. The highest BCUT2D eigenvalue weighted by atomic mass is 19.1. The number of carbonyl (C=O) groups is 1. The zero-order valence-corrected chi connectivity index (χ0v) is 25.6. The largest absolute Gasteiger partial charge is 0.379 e. The molecule has 1 saturated heterocycles. The van der Waals surface area contributed by atoms with Gasteiger partial charge in [0.25, 0.3) is 0 Å². The van der Waals surface area contributed by atoms with Crippen molar-refractivity contribution in [1.82, 2.24) is 45.0 Å². The number of morpholine rings is 1. The van der Waals surface area contributed by atoms with Crippen LogP contribution in [0.3, 0.4) is 0 Å². The molecule has 0 aliphatic carbocycles. The molecule has 4 heterocycles. The van der Waals surface area contributed by atoms with Crippen LogP contribution in [0.1, 0.15) is 11.3 Å². The second kappa shape index (κ2) is 13.8. The Morgan fingerprint density at radius 1 is 1.04 bits per heavy atom. The molecule has 47 heavy (non-hydrogen) atoms. The number of carbonyl (C=O) groups excluding carboxylic acids is 1. The summed E-state index contributed by atoms with van der Waals surface area (Å²) in [5, 5.41) is 21.2. The van der Waals surface area contributed by atoms with Gasteiger partial charge in [-0.3, -0.25) is 14.4 Å². The number of ether oxygens (including phenoxy) is 1. The maximum Gasteiger partial charge on any atom is 0.243 e. The fourth-order valence-corrected chi connectivity index (χ4v) is 5.53. The number of hydrogen-bond donors (Lipinski definition) is 2. The molecular formula is C34H33FN10O2. The Balaban J connectivity index is 0.998. The highest BCUT2D eigenvalue weighted by Gasteiger charge is 2.11. The fraction of sp³-hybridized carbons (Fsp3) is 0.235. The number of aromatic nitrogens is 7. The zero-order valence-electron chi connectivity index (χ0n) is 25.6. The van der Waals surface area contributed by atoms with Crippen molar-refractivity contribution in [3.05, 3.63) is 109 Å². The van der Waals surface area contributed by atoms with Gasteiger partial charge in [0.15, 0.2) is 0 Å². The van der Waals surface area contributed by atoms with Crippen molar-refractivity contribution in [3.8, 4) is 5.69 Å². The number of hydrogen-bond acceptors (Lipinski definition) is 9. The van der Waals surface area contributed by atoms with Crippen molar-refractivity contribution in [2.45, 2.75) is 13.0 Å². The van der Waals surface area contributed by atoms with Gasteiger partial charge in [-0.25, -0.2) is 19.0 Å². The van der Waals surface area contributed by atoms with Crippen LogP contribution in [0.5, 0.6) is 0 Å². The van der Waals surface area contributed by atoms with Crippen LogP contribution in [-0.4, -0.2) is 84.9 Å². The summed E-state index contributed by atoms with van der Waals surface area (Å²) in [4.78, 5) is 23.4. The molecule has 0 radical (unpaired) electrons. The summed E-state index contributed by atoms with van der Waals surface area (Å²) >= 11 is 0. The molecule has 1 fully saturated rings. The topological polar surface area (TPSA) is 128 Å². The van der Waals surface area contributed by atoms with E-state index >= 15 is 0 Å². The lowest BCUT2D eigenvalue weighted by atomic mass is 10.2. The molecule has 3 aromatic carbocycles. The first-order valence-electron chi connectivity index (χ1n) is 15.5. The van der Waals surface area contributed by atoms with E-state index in [1.807, 2.05) is 59.4 Å². The summed E-state index contributed by atoms with van der Waals surface area (Å²) in [6.45, 7) is 4.89. The predicted octanol–water partition coefficient (Wildman–Crippen LogP) is 4.04. The molecule has 12 nitrogen and oxygen atoms in total. The van der Waals surface area contributed by atoms with Crippen LogP contribution in [0.15, 0.2) is 91.5 Å². The molecule has 13 heteroatoms. The average Bonchev–Trinajstić information content (AvgIpc) is 3.72. The first-order chi connectivity index (χ1) is 23.1. The number of nitrogens with one attached hydrogen (secondary N) is 2. The second-order valence-corrected chi connectivity index (χ2v) is 11.3. The molecular weight excluding hydrogens is 599 g/mol. The van der Waals surface area contributed by atoms with Crippen LogP contribution in [0.25, 0.3) is 27.5 Å². The van der Waals surface area contributed by atoms with E-state index in [-0.39, 0.29) is 11.7 Å². The minimum Gasteiger partial charge on any atom is -0.379 e. The molecule has 1 aliphatic heterocycles. The molecule has 2 N–H and O–H groups in total. The van der Waals surface area contributed by atoms with Gasteiger partial charge >= 0.3 is 0 Å². The Morgan fingerprint density at radius 2 is 1.96 bits per heavy atom. The van der Waals surface area contributed by atoms with E-state index in [1.54, 1.807) is 23.0 Å². The number of fused-ring (bicyclic) bond motifs is 2. The Hall–Kier alpha value is -5.53. The van der Waals surface area contributed by atoms with E-state index in [2.05, 4.69) is 40.9 Å². The van der Waals surface area contributed by atoms with Crippen molar-refractivity contribution >= 4 is 39.2 Å². The van der Waals surface area contributed by atoms with Crippen LogP contribution >= 0.6 is 0 Å². The molecule has 0 spiro atoms. The summed E-state index contributed by atoms with van der Waals surface area (Å²) in [5.74, 6) is 0.254. The minimum atomic E-state index is -0.264. The monoisotopic (exact) mass is 632 g/mol. The van der Waals surface area contributed by atoms with Crippen LogP contribution in [0, 0.1) is 5.82 Å². The van der Waals surface area contributed by atoms with Gasteiger partial charge in [0, 0.05) is 55.1 Å². The summed E-state index contributed by atoms with van der Waals surface area (Å²) in [5.41, 5.74) is 4.97. The Kier molecular flexibility index (Phi) is 8.88. The van der Waals surface area contributed by atoms with Gasteiger partial charge in [-0.1, -0.05) is 23.4 Å².